The second-order valence-electron chi connectivity index (χ2n) is 11.1. The Morgan fingerprint density at radius 1 is 0.878 bits per heavy atom. The third-order valence-electron chi connectivity index (χ3n) is 8.28. The number of piperazine rings is 1. The summed E-state index contributed by atoms with van der Waals surface area (Å²) >= 11 is 6.11. The number of carboxylic acid groups (broad SMARTS) is 1. The lowest BCUT2D eigenvalue weighted by Gasteiger charge is -2.41. The van der Waals surface area contributed by atoms with Crippen molar-refractivity contribution in [3.63, 3.8) is 0 Å². The molecule has 1 amide bonds. The highest BCUT2D eigenvalue weighted by Gasteiger charge is 2.41. The summed E-state index contributed by atoms with van der Waals surface area (Å²) in [4.78, 5) is 39.2. The fourth-order valence-corrected chi connectivity index (χ4v) is 6.32. The van der Waals surface area contributed by atoms with E-state index in [2.05, 4.69) is 29.2 Å². The predicted octanol–water partition coefficient (Wildman–Crippen LogP) is 6.24. The molecule has 3 heterocycles. The van der Waals surface area contributed by atoms with E-state index < -0.39 is 5.97 Å². The van der Waals surface area contributed by atoms with Crippen molar-refractivity contribution in [3.8, 4) is 11.3 Å². The molecule has 3 aromatic carbocycles. The molecule has 210 valence electrons. The molecule has 4 aromatic rings. The summed E-state index contributed by atoms with van der Waals surface area (Å²) in [5, 5.41) is 9.68. The summed E-state index contributed by atoms with van der Waals surface area (Å²) in [7, 11) is 0. The van der Waals surface area contributed by atoms with E-state index in [1.165, 1.54) is 5.56 Å². The third kappa shape index (κ3) is 6.11. The fourth-order valence-electron chi connectivity index (χ4n) is 6.20. The Bertz CT molecular complexity index is 1550. The molecule has 0 radical (unpaired) electrons. The first kappa shape index (κ1) is 27.4. The molecule has 2 saturated heterocycles. The summed E-state index contributed by atoms with van der Waals surface area (Å²) in [5.41, 5.74) is 5.78. The first-order valence-electron chi connectivity index (χ1n) is 14.3. The minimum absolute atomic E-state index is 0.0368. The van der Waals surface area contributed by atoms with Crippen LogP contribution in [-0.2, 0) is 17.8 Å². The zero-order chi connectivity index (χ0) is 28.3. The molecule has 1 aromatic heterocycles. The zero-order valence-corrected chi connectivity index (χ0v) is 23.6. The van der Waals surface area contributed by atoms with E-state index in [1.54, 1.807) is 0 Å². The molecule has 2 aliphatic heterocycles. The number of fused-ring (bicyclic) bond motifs is 3. The summed E-state index contributed by atoms with van der Waals surface area (Å²) < 4.78 is 0. The normalized spacial score (nSPS) is 18.6. The van der Waals surface area contributed by atoms with Gasteiger partial charge in [-0.15, -0.1) is 0 Å². The van der Waals surface area contributed by atoms with E-state index >= 15 is 0 Å². The highest BCUT2D eigenvalue weighted by molar-refractivity contribution is 6.30. The van der Waals surface area contributed by atoms with Gasteiger partial charge in [0.15, 0.2) is 0 Å². The topological polar surface area (TPSA) is 86.6 Å². The van der Waals surface area contributed by atoms with Crippen LogP contribution in [0.5, 0.6) is 0 Å². The van der Waals surface area contributed by atoms with Crippen LogP contribution >= 0.6 is 11.6 Å². The van der Waals surface area contributed by atoms with Gasteiger partial charge in [-0.3, -0.25) is 14.5 Å². The first-order chi connectivity index (χ1) is 19.9. The second-order valence-corrected chi connectivity index (χ2v) is 11.5. The standard InChI is InChI=1S/C33H33ClN4O3/c34-25-13-10-23(11-14-25)32-29(8-4-5-9-31(39)40)35-30-18-24(12-17-28(30)36-32)33(41)37-20-26-15-16-27(21-37)38(26)19-22-6-2-1-3-7-22/h1-3,6-7,10-14,17-18,26-27H,4-5,8-9,15-16,19-21H2,(H,39,40). The van der Waals surface area contributed by atoms with E-state index in [0.29, 0.717) is 53.0 Å². The molecule has 2 aliphatic rings. The van der Waals surface area contributed by atoms with Crippen molar-refractivity contribution in [3.05, 3.63) is 94.6 Å². The maximum absolute atomic E-state index is 13.7. The number of unbranched alkanes of at least 4 members (excludes halogenated alkanes) is 1. The van der Waals surface area contributed by atoms with Crippen LogP contribution < -0.4 is 0 Å². The number of likely N-dealkylation sites (tertiary alicyclic amines) is 1. The Morgan fingerprint density at radius 3 is 2.32 bits per heavy atom. The lowest BCUT2D eigenvalue weighted by molar-refractivity contribution is -0.137. The number of rotatable bonds is 9. The number of hydrogen-bond acceptors (Lipinski definition) is 5. The number of amides is 1. The Hall–Kier alpha value is -3.81. The molecule has 41 heavy (non-hydrogen) atoms. The van der Waals surface area contributed by atoms with Gasteiger partial charge in [-0.1, -0.05) is 54.1 Å². The van der Waals surface area contributed by atoms with Crippen molar-refractivity contribution >= 4 is 34.5 Å². The van der Waals surface area contributed by atoms with E-state index in [9.17, 15) is 9.59 Å². The van der Waals surface area contributed by atoms with Crippen molar-refractivity contribution < 1.29 is 14.7 Å². The number of nitrogens with zero attached hydrogens (tertiary/aromatic N) is 4. The number of carboxylic acids is 1. The maximum atomic E-state index is 13.7. The van der Waals surface area contributed by atoms with Gasteiger partial charge in [-0.25, -0.2) is 9.97 Å². The van der Waals surface area contributed by atoms with Crippen LogP contribution in [0, 0.1) is 0 Å². The van der Waals surface area contributed by atoms with E-state index in [-0.39, 0.29) is 12.3 Å². The average molecular weight is 569 g/mol. The van der Waals surface area contributed by atoms with Crippen LogP contribution in [0.2, 0.25) is 5.02 Å². The number of carbonyl (C=O) groups excluding carboxylic acids is 1. The summed E-state index contributed by atoms with van der Waals surface area (Å²) in [6, 6.07) is 24.4. The Morgan fingerprint density at radius 2 is 1.61 bits per heavy atom. The molecule has 0 aliphatic carbocycles. The lowest BCUT2D eigenvalue weighted by atomic mass is 10.0. The molecule has 1 N–H and O–H groups in total. The number of aromatic nitrogens is 2. The van der Waals surface area contributed by atoms with E-state index in [4.69, 9.17) is 26.7 Å². The monoisotopic (exact) mass is 568 g/mol. The summed E-state index contributed by atoms with van der Waals surface area (Å²) in [5.74, 6) is -0.764. The molecule has 2 bridgehead atoms. The van der Waals surface area contributed by atoms with Crippen molar-refractivity contribution in [2.45, 2.75) is 57.2 Å². The Kier molecular flexibility index (Phi) is 7.99. The van der Waals surface area contributed by atoms with Gasteiger partial charge in [0.25, 0.3) is 5.91 Å². The SMILES string of the molecule is O=C(O)CCCCc1nc2cc(C(=O)N3CC4CCC(C3)N4Cc3ccccc3)ccc2nc1-c1ccc(Cl)cc1. The molecular formula is C33H33ClN4O3. The Labute approximate surface area is 244 Å². The lowest BCUT2D eigenvalue weighted by Crippen LogP contribution is -2.54. The fraction of sp³-hybridized carbons (Fsp3) is 0.333. The minimum Gasteiger partial charge on any atom is -0.481 e. The molecule has 6 rings (SSSR count). The van der Waals surface area contributed by atoms with Crippen molar-refractivity contribution in [2.24, 2.45) is 0 Å². The quantitative estimate of drug-likeness (QED) is 0.241. The molecule has 2 unspecified atom stereocenters. The van der Waals surface area contributed by atoms with Gasteiger partial charge in [-0.2, -0.15) is 0 Å². The Balaban J connectivity index is 1.23. The van der Waals surface area contributed by atoms with Crippen molar-refractivity contribution in [2.75, 3.05) is 13.1 Å². The summed E-state index contributed by atoms with van der Waals surface area (Å²) in [6.07, 6.45) is 4.19. The highest BCUT2D eigenvalue weighted by atomic mass is 35.5. The summed E-state index contributed by atoms with van der Waals surface area (Å²) in [6.45, 7) is 2.39. The minimum atomic E-state index is -0.801. The third-order valence-corrected chi connectivity index (χ3v) is 8.54. The van der Waals surface area contributed by atoms with Crippen molar-refractivity contribution in [1.82, 2.24) is 19.8 Å². The molecule has 0 saturated carbocycles. The van der Waals surface area contributed by atoms with Crippen LogP contribution in [-0.4, -0.2) is 61.9 Å². The number of aliphatic carboxylic acids is 1. The van der Waals surface area contributed by atoms with Crippen molar-refractivity contribution in [1.29, 1.82) is 0 Å². The predicted molar refractivity (Wildman–Crippen MR) is 160 cm³/mol. The molecule has 2 atom stereocenters. The zero-order valence-electron chi connectivity index (χ0n) is 22.9. The smallest absolute Gasteiger partial charge is 0.303 e. The van der Waals surface area contributed by atoms with Gasteiger partial charge >= 0.3 is 5.97 Å². The molecule has 2 fully saturated rings. The van der Waals surface area contributed by atoms with Gasteiger partial charge in [0.1, 0.15) is 0 Å². The van der Waals surface area contributed by atoms with E-state index in [1.807, 2.05) is 53.4 Å². The average Bonchev–Trinajstić information content (AvgIpc) is 3.20. The van der Waals surface area contributed by atoms with Crippen LogP contribution in [0.4, 0.5) is 0 Å². The van der Waals surface area contributed by atoms with Crippen LogP contribution in [0.25, 0.3) is 22.3 Å². The van der Waals surface area contributed by atoms with Gasteiger partial charge in [0, 0.05) is 54.3 Å². The highest BCUT2D eigenvalue weighted by Crippen LogP contribution is 2.33. The second kappa shape index (κ2) is 12.0. The van der Waals surface area contributed by atoms with Crippen LogP contribution in [0.1, 0.15) is 53.7 Å². The maximum Gasteiger partial charge on any atom is 0.303 e. The molecule has 7 nitrogen and oxygen atoms in total. The van der Waals surface area contributed by atoms with Gasteiger partial charge in [0.2, 0.25) is 0 Å². The largest absolute Gasteiger partial charge is 0.481 e. The number of aryl methyl sites for hydroxylation is 1. The number of hydrogen-bond donors (Lipinski definition) is 1. The van der Waals surface area contributed by atoms with E-state index in [0.717, 1.165) is 49.4 Å². The van der Waals surface area contributed by atoms with Crippen LogP contribution in [0.15, 0.2) is 72.8 Å². The molecule has 0 spiro atoms. The van der Waals surface area contributed by atoms with Crippen LogP contribution in [0.3, 0.4) is 0 Å². The molecule has 8 heteroatoms. The van der Waals surface area contributed by atoms with Gasteiger partial charge < -0.3 is 10.0 Å². The number of carbonyl (C=O) groups is 2. The number of halogens is 1. The van der Waals surface area contributed by atoms with Gasteiger partial charge in [0.05, 0.1) is 22.4 Å². The molecular weight excluding hydrogens is 536 g/mol. The number of benzene rings is 3. The first-order valence-corrected chi connectivity index (χ1v) is 14.7. The van der Waals surface area contributed by atoms with Gasteiger partial charge in [-0.05, 0) is 68.0 Å².